The number of aliphatic hydroxyl groups excluding tert-OH is 1. The molecule has 2 heterocycles. The fourth-order valence-electron chi connectivity index (χ4n) is 2.53. The first-order valence-electron chi connectivity index (χ1n) is 8.56. The Kier molecular flexibility index (Phi) is 8.94. The smallest absolute Gasteiger partial charge is 0.193 e. The molecule has 1 aromatic rings. The minimum atomic E-state index is -0.153. The van der Waals surface area contributed by atoms with Gasteiger partial charge in [0.25, 0.3) is 0 Å². The normalized spacial score (nSPS) is 16.9. The van der Waals surface area contributed by atoms with Gasteiger partial charge in [0.15, 0.2) is 5.96 Å². The highest BCUT2D eigenvalue weighted by Crippen LogP contribution is 2.24. The number of rotatable bonds is 4. The minimum Gasteiger partial charge on any atom is -0.393 e. The van der Waals surface area contributed by atoms with Crippen LogP contribution in [0, 0.1) is 0 Å². The van der Waals surface area contributed by atoms with E-state index in [1.165, 1.54) is 5.69 Å². The summed E-state index contributed by atoms with van der Waals surface area (Å²) in [5.41, 5.74) is 1.28. The highest BCUT2D eigenvalue weighted by Gasteiger charge is 2.20. The number of nitrogens with zero attached hydrogens (tertiary/aromatic N) is 3. The lowest BCUT2D eigenvalue weighted by molar-refractivity contribution is 0.108. The van der Waals surface area contributed by atoms with E-state index in [0.717, 1.165) is 56.4 Å². The van der Waals surface area contributed by atoms with Crippen LogP contribution >= 0.6 is 35.3 Å². The van der Waals surface area contributed by atoms with E-state index in [1.54, 1.807) is 11.3 Å². The summed E-state index contributed by atoms with van der Waals surface area (Å²) in [6.07, 6.45) is 2.38. The third-order valence-corrected chi connectivity index (χ3v) is 4.91. The lowest BCUT2D eigenvalue weighted by atomic mass is 9.93. The number of aliphatic imine (C=N–C) groups is 1. The average Bonchev–Trinajstić information content (AvgIpc) is 2.96. The Morgan fingerprint density at radius 2 is 2.08 bits per heavy atom. The highest BCUT2D eigenvalue weighted by atomic mass is 127. The van der Waals surface area contributed by atoms with Crippen LogP contribution < -0.4 is 5.32 Å². The Morgan fingerprint density at radius 1 is 1.42 bits per heavy atom. The van der Waals surface area contributed by atoms with Crippen molar-refractivity contribution in [3.63, 3.8) is 0 Å². The molecule has 5 nitrogen and oxygen atoms in total. The summed E-state index contributed by atoms with van der Waals surface area (Å²) >= 11 is 1.73. The molecule has 1 saturated heterocycles. The molecule has 1 aromatic heterocycles. The number of likely N-dealkylation sites (tertiary alicyclic amines) is 1. The fraction of sp³-hybridized carbons (Fsp3) is 0.765. The van der Waals surface area contributed by atoms with Gasteiger partial charge >= 0.3 is 0 Å². The number of thiazole rings is 1. The highest BCUT2D eigenvalue weighted by molar-refractivity contribution is 14.0. The van der Waals surface area contributed by atoms with Crippen molar-refractivity contribution < 1.29 is 5.11 Å². The van der Waals surface area contributed by atoms with Crippen LogP contribution in [0.5, 0.6) is 0 Å². The molecule has 1 fully saturated rings. The molecule has 24 heavy (non-hydrogen) atoms. The van der Waals surface area contributed by atoms with Gasteiger partial charge < -0.3 is 15.3 Å². The molecule has 0 aromatic carbocycles. The van der Waals surface area contributed by atoms with Gasteiger partial charge in [-0.1, -0.05) is 20.8 Å². The summed E-state index contributed by atoms with van der Waals surface area (Å²) in [6.45, 7) is 12.0. The Morgan fingerprint density at radius 3 is 2.62 bits per heavy atom. The number of guanidine groups is 1. The molecule has 7 heteroatoms. The van der Waals surface area contributed by atoms with Gasteiger partial charge in [-0.05, 0) is 19.8 Å². The molecule has 0 spiro atoms. The van der Waals surface area contributed by atoms with Gasteiger partial charge in [0, 0.05) is 43.4 Å². The van der Waals surface area contributed by atoms with E-state index in [2.05, 4.69) is 43.3 Å². The van der Waals surface area contributed by atoms with E-state index >= 15 is 0 Å². The van der Waals surface area contributed by atoms with Crippen LogP contribution in [0.2, 0.25) is 0 Å². The van der Waals surface area contributed by atoms with Crippen LogP contribution in [-0.2, 0) is 11.8 Å². The molecule has 0 unspecified atom stereocenters. The topological polar surface area (TPSA) is 60.8 Å². The van der Waals surface area contributed by atoms with Gasteiger partial charge in [-0.2, -0.15) is 0 Å². The first-order chi connectivity index (χ1) is 10.9. The lowest BCUT2D eigenvalue weighted by Crippen LogP contribution is -2.46. The van der Waals surface area contributed by atoms with Crippen molar-refractivity contribution in [2.75, 3.05) is 26.2 Å². The zero-order valence-electron chi connectivity index (χ0n) is 15.2. The number of hydrogen-bond donors (Lipinski definition) is 2. The standard InChI is InChI=1S/C17H30N4OS.HI/c1-5-18-16(21-10-7-13(22)8-11-21)19-9-6-15-20-14(12-23-15)17(2,3)4;/h12-13,22H,5-11H2,1-4H3,(H,18,19);1H. The summed E-state index contributed by atoms with van der Waals surface area (Å²) in [7, 11) is 0. The molecule has 0 bridgehead atoms. The Bertz CT molecular complexity index is 519. The Hall–Kier alpha value is -0.410. The van der Waals surface area contributed by atoms with Crippen LogP contribution in [0.25, 0.3) is 0 Å². The van der Waals surface area contributed by atoms with Crippen molar-refractivity contribution in [1.29, 1.82) is 0 Å². The summed E-state index contributed by atoms with van der Waals surface area (Å²) in [4.78, 5) is 11.7. The van der Waals surface area contributed by atoms with Crippen molar-refractivity contribution in [2.45, 2.75) is 58.5 Å². The third kappa shape index (κ3) is 6.48. The zero-order valence-corrected chi connectivity index (χ0v) is 18.4. The summed E-state index contributed by atoms with van der Waals surface area (Å²) in [5.74, 6) is 0.965. The monoisotopic (exact) mass is 466 g/mol. The molecule has 1 aliphatic rings. The van der Waals surface area contributed by atoms with Gasteiger partial charge in [0.1, 0.15) is 0 Å². The van der Waals surface area contributed by atoms with Gasteiger partial charge in [0.05, 0.1) is 16.8 Å². The van der Waals surface area contributed by atoms with Gasteiger partial charge in [-0.25, -0.2) is 4.98 Å². The largest absolute Gasteiger partial charge is 0.393 e. The zero-order chi connectivity index (χ0) is 16.9. The number of aliphatic hydroxyl groups is 1. The molecule has 2 N–H and O–H groups in total. The predicted molar refractivity (Wildman–Crippen MR) is 113 cm³/mol. The lowest BCUT2D eigenvalue weighted by Gasteiger charge is -2.32. The molecule has 138 valence electrons. The maximum atomic E-state index is 9.64. The van der Waals surface area contributed by atoms with Crippen LogP contribution in [-0.4, -0.2) is 53.2 Å². The summed E-state index contributed by atoms with van der Waals surface area (Å²) in [5, 5.41) is 16.3. The van der Waals surface area contributed by atoms with Crippen LogP contribution in [0.4, 0.5) is 0 Å². The van der Waals surface area contributed by atoms with Crippen molar-refractivity contribution in [3.05, 3.63) is 16.1 Å². The minimum absolute atomic E-state index is 0. The number of halogens is 1. The van der Waals surface area contributed by atoms with E-state index in [1.807, 2.05) is 0 Å². The maximum absolute atomic E-state index is 9.64. The van der Waals surface area contributed by atoms with Gasteiger partial charge in [0.2, 0.25) is 0 Å². The van der Waals surface area contributed by atoms with Crippen molar-refractivity contribution in [1.82, 2.24) is 15.2 Å². The Labute approximate surface area is 167 Å². The fourth-order valence-corrected chi connectivity index (χ4v) is 3.55. The van der Waals surface area contributed by atoms with Gasteiger partial charge in [-0.3, -0.25) is 4.99 Å². The second-order valence-electron chi connectivity index (χ2n) is 7.08. The van der Waals surface area contributed by atoms with Crippen LogP contribution in [0.15, 0.2) is 10.4 Å². The van der Waals surface area contributed by atoms with E-state index in [9.17, 15) is 5.11 Å². The molecular formula is C17H31IN4OS. The van der Waals surface area contributed by atoms with E-state index in [0.29, 0.717) is 0 Å². The molecule has 2 rings (SSSR count). The molecule has 0 atom stereocenters. The van der Waals surface area contributed by atoms with E-state index < -0.39 is 0 Å². The van der Waals surface area contributed by atoms with Crippen LogP contribution in [0.3, 0.4) is 0 Å². The van der Waals surface area contributed by atoms with Crippen LogP contribution in [0.1, 0.15) is 51.2 Å². The Balaban J connectivity index is 0.00000288. The molecule has 0 amide bonds. The first-order valence-corrected chi connectivity index (χ1v) is 9.44. The molecule has 0 radical (unpaired) electrons. The molecule has 1 aliphatic heterocycles. The number of piperidine rings is 1. The van der Waals surface area contributed by atoms with Crippen molar-refractivity contribution in [2.24, 2.45) is 4.99 Å². The van der Waals surface area contributed by atoms with E-state index in [-0.39, 0.29) is 35.5 Å². The number of hydrogen-bond acceptors (Lipinski definition) is 4. The first kappa shape index (κ1) is 21.6. The number of aromatic nitrogens is 1. The second-order valence-corrected chi connectivity index (χ2v) is 8.02. The average molecular weight is 466 g/mol. The van der Waals surface area contributed by atoms with Crippen molar-refractivity contribution >= 4 is 41.3 Å². The third-order valence-electron chi connectivity index (χ3n) is 4.01. The summed E-state index contributed by atoms with van der Waals surface area (Å²) in [6, 6.07) is 0. The predicted octanol–water partition coefficient (Wildman–Crippen LogP) is 3.02. The maximum Gasteiger partial charge on any atom is 0.193 e. The SMILES string of the molecule is CCNC(=NCCc1nc(C(C)(C)C)cs1)N1CCC(O)CC1.I. The molecular weight excluding hydrogens is 435 g/mol. The quantitative estimate of drug-likeness (QED) is 0.407. The summed E-state index contributed by atoms with van der Waals surface area (Å²) < 4.78 is 0. The molecule has 0 aliphatic carbocycles. The number of nitrogens with one attached hydrogen (secondary N) is 1. The molecule has 0 saturated carbocycles. The van der Waals surface area contributed by atoms with Gasteiger partial charge in [-0.15, -0.1) is 35.3 Å². The van der Waals surface area contributed by atoms with Crippen molar-refractivity contribution in [3.8, 4) is 0 Å². The van der Waals surface area contributed by atoms with E-state index in [4.69, 9.17) is 9.98 Å². The second kappa shape index (κ2) is 9.91.